The number of aliphatic hydroxyl groups is 1. The van der Waals surface area contributed by atoms with Crippen molar-refractivity contribution in [2.75, 3.05) is 5.88 Å². The third kappa shape index (κ3) is 2.41. The number of halogens is 3. The van der Waals surface area contributed by atoms with Crippen molar-refractivity contribution >= 4 is 29.0 Å². The summed E-state index contributed by atoms with van der Waals surface area (Å²) >= 11 is 5.93. The van der Waals surface area contributed by atoms with Crippen molar-refractivity contribution in [2.24, 2.45) is 34.0 Å². The molecule has 4 aliphatic carbocycles. The van der Waals surface area contributed by atoms with Crippen molar-refractivity contribution in [1.29, 1.82) is 0 Å². The Kier molecular flexibility index (Phi) is 5.00. The molecule has 0 spiro atoms. The van der Waals surface area contributed by atoms with Gasteiger partial charge in [0.05, 0.1) is 17.4 Å². The normalized spacial score (nSPS) is 50.9. The van der Waals surface area contributed by atoms with Crippen LogP contribution in [-0.2, 0) is 14.4 Å². The fourth-order valence-corrected chi connectivity index (χ4v) is 8.42. The van der Waals surface area contributed by atoms with Gasteiger partial charge in [0.2, 0.25) is 0 Å². The molecule has 0 heterocycles. The molecule has 31 heavy (non-hydrogen) atoms. The molecule has 170 valence electrons. The van der Waals surface area contributed by atoms with Crippen LogP contribution in [0, 0.1) is 34.0 Å². The molecule has 3 fully saturated rings. The number of Topliss-reactive ketones (excluding diaryl/α,β-unsaturated/α-hetero) is 2. The Balaban J connectivity index is 1.91. The molecule has 0 aromatic heterocycles. The van der Waals surface area contributed by atoms with Crippen LogP contribution in [0.2, 0.25) is 0 Å². The summed E-state index contributed by atoms with van der Waals surface area (Å²) in [6, 6.07) is 0. The van der Waals surface area contributed by atoms with Gasteiger partial charge in [-0.25, -0.2) is 8.78 Å². The number of fused-ring (bicyclic) bond motifs is 5. The van der Waals surface area contributed by atoms with E-state index in [4.69, 9.17) is 11.6 Å². The molecule has 4 aliphatic rings. The first-order valence-electron chi connectivity index (χ1n) is 10.9. The summed E-state index contributed by atoms with van der Waals surface area (Å²) in [6.45, 7) is 6.45. The lowest BCUT2D eigenvalue weighted by Gasteiger charge is -2.63. The molecule has 4 nitrogen and oxygen atoms in total. The minimum atomic E-state index is -2.22. The Morgan fingerprint density at radius 1 is 1.26 bits per heavy atom. The molecule has 0 amide bonds. The second kappa shape index (κ2) is 6.80. The van der Waals surface area contributed by atoms with Crippen molar-refractivity contribution in [3.8, 4) is 0 Å². The van der Waals surface area contributed by atoms with E-state index in [1.165, 1.54) is 26.0 Å². The first-order valence-corrected chi connectivity index (χ1v) is 11.4. The Bertz CT molecular complexity index is 931. The zero-order chi connectivity index (χ0) is 23.1. The van der Waals surface area contributed by atoms with Crippen LogP contribution in [0.4, 0.5) is 8.78 Å². The molecule has 0 bridgehead atoms. The molecular formula is C24H29ClF2O4. The molecule has 0 radical (unpaired) electrons. The zero-order valence-electron chi connectivity index (χ0n) is 18.3. The van der Waals surface area contributed by atoms with Crippen molar-refractivity contribution in [2.45, 2.75) is 64.9 Å². The largest absolute Gasteiger partial charge is 0.390 e. The molecule has 0 unspecified atom stereocenters. The molecular weight excluding hydrogens is 426 g/mol. The predicted octanol–water partition coefficient (Wildman–Crippen LogP) is 3.93. The summed E-state index contributed by atoms with van der Waals surface area (Å²) in [5.41, 5.74) is -6.13. The summed E-state index contributed by atoms with van der Waals surface area (Å²) in [5, 5.41) is 11.3. The van der Waals surface area contributed by atoms with Gasteiger partial charge in [0.1, 0.15) is 12.0 Å². The quantitative estimate of drug-likeness (QED) is 0.518. The van der Waals surface area contributed by atoms with Gasteiger partial charge in [-0.1, -0.05) is 19.9 Å². The topological polar surface area (TPSA) is 71.4 Å². The van der Waals surface area contributed by atoms with Gasteiger partial charge in [0.25, 0.3) is 0 Å². The fraction of sp³-hybridized carbons (Fsp3) is 0.708. The van der Waals surface area contributed by atoms with Crippen LogP contribution in [0.5, 0.6) is 0 Å². The smallest absolute Gasteiger partial charge is 0.178 e. The lowest BCUT2D eigenvalue weighted by molar-refractivity contribution is -0.211. The van der Waals surface area contributed by atoms with Gasteiger partial charge in [-0.15, -0.1) is 11.6 Å². The van der Waals surface area contributed by atoms with Crippen LogP contribution in [0.25, 0.3) is 0 Å². The van der Waals surface area contributed by atoms with E-state index >= 15 is 8.78 Å². The third-order valence-electron chi connectivity index (χ3n) is 9.38. The lowest BCUT2D eigenvalue weighted by Crippen LogP contribution is -2.70. The van der Waals surface area contributed by atoms with E-state index in [9.17, 15) is 19.5 Å². The fourth-order valence-electron chi connectivity index (χ4n) is 8.21. The standard InChI is InChI=1S/C24H29ClF2O4/c1-12-7-15-16-9-18(26)17-8-14(29)5-6-21(17,3)24(16,27)19(30)10-22(15,4)23(12,13(2)28)20(31)11-25/h5-6,8,12,15-16,18-19,30H,7,9-11H2,1-4H3/t12-,15-,16-,18-,19-,21-,22-,23-,24-/m0/s1. The highest BCUT2D eigenvalue weighted by Gasteiger charge is 2.77. The molecule has 7 heteroatoms. The van der Waals surface area contributed by atoms with E-state index < -0.39 is 63.5 Å². The summed E-state index contributed by atoms with van der Waals surface area (Å²) in [5.74, 6) is -3.32. The molecule has 9 atom stereocenters. The molecule has 0 saturated heterocycles. The van der Waals surface area contributed by atoms with E-state index in [-0.39, 0.29) is 30.1 Å². The average Bonchev–Trinajstić information content (AvgIpc) is 2.92. The monoisotopic (exact) mass is 454 g/mol. The van der Waals surface area contributed by atoms with E-state index in [0.717, 1.165) is 6.08 Å². The number of carbonyl (C=O) groups is 3. The first kappa shape index (κ1) is 22.8. The second-order valence-electron chi connectivity index (χ2n) is 10.4. The van der Waals surface area contributed by atoms with Gasteiger partial charge in [-0.3, -0.25) is 14.4 Å². The maximum absolute atomic E-state index is 17.1. The van der Waals surface area contributed by atoms with Crippen LogP contribution in [-0.4, -0.2) is 46.3 Å². The number of allylic oxidation sites excluding steroid dienone is 4. The van der Waals surface area contributed by atoms with Crippen molar-refractivity contribution in [3.05, 3.63) is 23.8 Å². The predicted molar refractivity (Wildman–Crippen MR) is 112 cm³/mol. The number of rotatable bonds is 3. The number of hydrogen-bond acceptors (Lipinski definition) is 4. The number of carbonyl (C=O) groups excluding carboxylic acids is 3. The third-order valence-corrected chi connectivity index (χ3v) is 9.63. The molecule has 0 aromatic carbocycles. The zero-order valence-corrected chi connectivity index (χ0v) is 19.0. The van der Waals surface area contributed by atoms with Gasteiger partial charge in [-0.2, -0.15) is 0 Å². The summed E-state index contributed by atoms with van der Waals surface area (Å²) in [4.78, 5) is 38.0. The number of hydrogen-bond donors (Lipinski definition) is 1. The number of aliphatic hydroxyl groups excluding tert-OH is 1. The van der Waals surface area contributed by atoms with Crippen LogP contribution in [0.1, 0.15) is 47.0 Å². The van der Waals surface area contributed by atoms with Crippen molar-refractivity contribution < 1.29 is 28.3 Å². The van der Waals surface area contributed by atoms with Gasteiger partial charge in [0.15, 0.2) is 17.2 Å². The minimum Gasteiger partial charge on any atom is -0.390 e. The van der Waals surface area contributed by atoms with Crippen LogP contribution >= 0.6 is 11.6 Å². The van der Waals surface area contributed by atoms with Crippen molar-refractivity contribution in [3.63, 3.8) is 0 Å². The van der Waals surface area contributed by atoms with E-state index in [0.29, 0.717) is 6.42 Å². The Morgan fingerprint density at radius 3 is 2.48 bits per heavy atom. The maximum Gasteiger partial charge on any atom is 0.178 e. The first-order chi connectivity index (χ1) is 14.3. The van der Waals surface area contributed by atoms with E-state index in [2.05, 4.69) is 0 Å². The number of alkyl halides is 3. The van der Waals surface area contributed by atoms with Gasteiger partial charge in [-0.05, 0) is 68.1 Å². The Hall–Kier alpha value is -1.40. The highest BCUT2D eigenvalue weighted by Crippen LogP contribution is 2.73. The summed E-state index contributed by atoms with van der Waals surface area (Å²) < 4.78 is 32.5. The molecule has 4 rings (SSSR count). The van der Waals surface area contributed by atoms with E-state index in [1.807, 2.05) is 0 Å². The van der Waals surface area contributed by atoms with Crippen LogP contribution in [0.3, 0.4) is 0 Å². The Morgan fingerprint density at radius 2 is 1.90 bits per heavy atom. The molecule has 0 aromatic rings. The van der Waals surface area contributed by atoms with Crippen LogP contribution < -0.4 is 0 Å². The van der Waals surface area contributed by atoms with Crippen molar-refractivity contribution in [1.82, 2.24) is 0 Å². The second-order valence-corrected chi connectivity index (χ2v) is 10.7. The maximum atomic E-state index is 17.1. The van der Waals surface area contributed by atoms with Gasteiger partial charge in [0, 0.05) is 11.3 Å². The van der Waals surface area contributed by atoms with Crippen LogP contribution in [0.15, 0.2) is 23.8 Å². The molecule has 1 N–H and O–H groups in total. The number of ketones is 3. The summed E-state index contributed by atoms with van der Waals surface area (Å²) in [7, 11) is 0. The Labute approximate surface area is 186 Å². The lowest BCUT2D eigenvalue weighted by atomic mass is 9.42. The van der Waals surface area contributed by atoms with E-state index in [1.54, 1.807) is 13.8 Å². The minimum absolute atomic E-state index is 0.0575. The highest BCUT2D eigenvalue weighted by molar-refractivity contribution is 6.31. The highest BCUT2D eigenvalue weighted by atomic mass is 35.5. The SMILES string of the molecule is CC(=O)[C@]1(C(=O)CCl)[C@@H](C)C[C@H]2[C@@H]3C[C@H](F)C4=CC(=O)C=C[C@]4(C)[C@@]3(F)[C@@H](O)C[C@@]21C. The average molecular weight is 455 g/mol. The summed E-state index contributed by atoms with van der Waals surface area (Å²) in [6.07, 6.45) is 0.733. The molecule has 3 saturated carbocycles. The van der Waals surface area contributed by atoms with Gasteiger partial charge >= 0.3 is 0 Å². The molecule has 0 aliphatic heterocycles. The van der Waals surface area contributed by atoms with Gasteiger partial charge < -0.3 is 5.11 Å².